The zero-order valence-corrected chi connectivity index (χ0v) is 13.9. The molecule has 124 valence electrons. The molecule has 1 aromatic carbocycles. The first kappa shape index (κ1) is 16.0. The maximum Gasteiger partial charge on any atom is 0.243 e. The Morgan fingerprint density at radius 3 is 2.70 bits per heavy atom. The summed E-state index contributed by atoms with van der Waals surface area (Å²) in [5.74, 6) is 0.658. The second-order valence-electron chi connectivity index (χ2n) is 5.70. The second-order valence-corrected chi connectivity index (χ2v) is 7.59. The van der Waals surface area contributed by atoms with Crippen LogP contribution in [0.2, 0.25) is 0 Å². The average Bonchev–Trinajstić information content (AvgIpc) is 3.19. The molecule has 0 spiro atoms. The fourth-order valence-corrected chi connectivity index (χ4v) is 4.50. The number of rotatable bonds is 6. The fraction of sp³-hybridized carbons (Fsp3) is 0.438. The van der Waals surface area contributed by atoms with Crippen LogP contribution in [0.1, 0.15) is 19.8 Å². The molecule has 1 saturated heterocycles. The van der Waals surface area contributed by atoms with Crippen LogP contribution in [0.3, 0.4) is 0 Å². The lowest BCUT2D eigenvalue weighted by molar-refractivity contribution is 0.291. The Bertz CT molecular complexity index is 726. The van der Waals surface area contributed by atoms with Gasteiger partial charge in [0, 0.05) is 25.0 Å². The first-order valence-electron chi connectivity index (χ1n) is 7.79. The van der Waals surface area contributed by atoms with E-state index in [9.17, 15) is 8.42 Å². The van der Waals surface area contributed by atoms with Gasteiger partial charge < -0.3 is 4.74 Å². The summed E-state index contributed by atoms with van der Waals surface area (Å²) in [6.07, 6.45) is 5.44. The Morgan fingerprint density at radius 2 is 2.09 bits per heavy atom. The van der Waals surface area contributed by atoms with Crippen LogP contribution in [-0.2, 0) is 16.6 Å². The average molecular weight is 335 g/mol. The van der Waals surface area contributed by atoms with E-state index in [-0.39, 0.29) is 6.04 Å². The summed E-state index contributed by atoms with van der Waals surface area (Å²) in [7, 11) is -3.40. The van der Waals surface area contributed by atoms with Crippen molar-refractivity contribution in [3.63, 3.8) is 0 Å². The molecule has 1 unspecified atom stereocenters. The van der Waals surface area contributed by atoms with Crippen LogP contribution in [0.4, 0.5) is 0 Å². The molecule has 3 rings (SSSR count). The molecule has 6 nitrogen and oxygen atoms in total. The summed E-state index contributed by atoms with van der Waals surface area (Å²) in [5.41, 5.74) is 0. The summed E-state index contributed by atoms with van der Waals surface area (Å²) >= 11 is 0. The van der Waals surface area contributed by atoms with Crippen LogP contribution >= 0.6 is 0 Å². The third kappa shape index (κ3) is 3.56. The van der Waals surface area contributed by atoms with Crippen LogP contribution in [0, 0.1) is 0 Å². The topological polar surface area (TPSA) is 64.4 Å². The van der Waals surface area contributed by atoms with E-state index in [0.29, 0.717) is 30.3 Å². The van der Waals surface area contributed by atoms with Crippen molar-refractivity contribution in [3.8, 4) is 5.75 Å². The first-order chi connectivity index (χ1) is 11.1. The first-order valence-corrected chi connectivity index (χ1v) is 9.23. The van der Waals surface area contributed by atoms with Gasteiger partial charge in [-0.2, -0.15) is 9.40 Å². The molecule has 0 radical (unpaired) electrons. The van der Waals surface area contributed by atoms with Gasteiger partial charge in [0.2, 0.25) is 10.0 Å². The third-order valence-corrected chi connectivity index (χ3v) is 6.10. The van der Waals surface area contributed by atoms with Gasteiger partial charge in [-0.25, -0.2) is 8.42 Å². The van der Waals surface area contributed by atoms with E-state index in [0.717, 1.165) is 12.8 Å². The molecule has 1 aliphatic heterocycles. The monoisotopic (exact) mass is 335 g/mol. The van der Waals surface area contributed by atoms with Crippen LogP contribution in [0.5, 0.6) is 5.75 Å². The molecule has 1 atom stereocenters. The lowest BCUT2D eigenvalue weighted by Gasteiger charge is -2.21. The molecule has 1 aromatic heterocycles. The molecule has 0 aliphatic carbocycles. The number of hydrogen-bond acceptors (Lipinski definition) is 4. The maximum absolute atomic E-state index is 12.6. The van der Waals surface area contributed by atoms with Crippen molar-refractivity contribution in [1.29, 1.82) is 0 Å². The second kappa shape index (κ2) is 6.72. The summed E-state index contributed by atoms with van der Waals surface area (Å²) in [6.45, 7) is 3.69. The minimum absolute atomic E-state index is 0.0741. The van der Waals surface area contributed by atoms with E-state index in [2.05, 4.69) is 5.10 Å². The molecule has 7 heteroatoms. The molecule has 23 heavy (non-hydrogen) atoms. The van der Waals surface area contributed by atoms with Gasteiger partial charge in [-0.15, -0.1) is 0 Å². The predicted octanol–water partition coefficient (Wildman–Crippen LogP) is 2.14. The third-order valence-electron chi connectivity index (χ3n) is 4.07. The Labute approximate surface area is 136 Å². The molecule has 2 aromatic rings. The number of sulfonamides is 1. The van der Waals surface area contributed by atoms with Crippen molar-refractivity contribution in [1.82, 2.24) is 14.1 Å². The Hall–Kier alpha value is -1.86. The van der Waals surface area contributed by atoms with Gasteiger partial charge in [-0.05, 0) is 50.1 Å². The fourth-order valence-electron chi connectivity index (χ4n) is 2.80. The zero-order valence-electron chi connectivity index (χ0n) is 13.1. The molecule has 1 aliphatic rings. The predicted molar refractivity (Wildman–Crippen MR) is 86.8 cm³/mol. The summed E-state index contributed by atoms with van der Waals surface area (Å²) in [4.78, 5) is 0.325. The largest absolute Gasteiger partial charge is 0.492 e. The minimum atomic E-state index is -3.40. The van der Waals surface area contributed by atoms with Gasteiger partial charge in [-0.3, -0.25) is 4.68 Å². The van der Waals surface area contributed by atoms with Crippen molar-refractivity contribution in [2.24, 2.45) is 0 Å². The quantitative estimate of drug-likeness (QED) is 0.811. The van der Waals surface area contributed by atoms with E-state index in [1.165, 1.54) is 0 Å². The van der Waals surface area contributed by atoms with Gasteiger partial charge in [0.05, 0.1) is 11.4 Å². The van der Waals surface area contributed by atoms with Gasteiger partial charge in [-0.1, -0.05) is 0 Å². The lowest BCUT2D eigenvalue weighted by Crippen LogP contribution is -2.33. The van der Waals surface area contributed by atoms with E-state index in [1.807, 2.05) is 19.2 Å². The SMILES string of the molecule is CC1CCCN1S(=O)(=O)c1ccc(OCCn2cccn2)cc1. The number of aromatic nitrogens is 2. The highest BCUT2D eigenvalue weighted by Crippen LogP contribution is 2.26. The highest BCUT2D eigenvalue weighted by molar-refractivity contribution is 7.89. The minimum Gasteiger partial charge on any atom is -0.492 e. The molecular formula is C16H21N3O3S. The standard InChI is InChI=1S/C16H21N3O3S/c1-14-4-2-11-19(14)23(20,21)16-7-5-15(6-8-16)22-13-12-18-10-3-9-17-18/h3,5-10,14H,2,4,11-13H2,1H3. The molecule has 0 amide bonds. The van der Waals surface area contributed by atoms with Gasteiger partial charge in [0.25, 0.3) is 0 Å². The number of ether oxygens (including phenoxy) is 1. The summed E-state index contributed by atoms with van der Waals surface area (Å²) < 4.78 is 34.2. The van der Waals surface area contributed by atoms with E-state index >= 15 is 0 Å². The van der Waals surface area contributed by atoms with Crippen LogP contribution in [0.25, 0.3) is 0 Å². The Kier molecular flexibility index (Phi) is 4.68. The van der Waals surface area contributed by atoms with E-state index < -0.39 is 10.0 Å². The smallest absolute Gasteiger partial charge is 0.243 e. The van der Waals surface area contributed by atoms with Crippen molar-refractivity contribution in [3.05, 3.63) is 42.7 Å². The molecule has 1 fully saturated rings. The number of nitrogens with zero attached hydrogens (tertiary/aromatic N) is 3. The lowest BCUT2D eigenvalue weighted by atomic mass is 10.3. The van der Waals surface area contributed by atoms with Crippen LogP contribution < -0.4 is 4.74 Å². The molecule has 0 N–H and O–H groups in total. The van der Waals surface area contributed by atoms with Crippen LogP contribution in [-0.4, -0.2) is 41.7 Å². The van der Waals surface area contributed by atoms with Crippen LogP contribution in [0.15, 0.2) is 47.6 Å². The maximum atomic E-state index is 12.6. The molecule has 2 heterocycles. The van der Waals surface area contributed by atoms with Gasteiger partial charge in [0.1, 0.15) is 12.4 Å². The molecule has 0 bridgehead atoms. The highest BCUT2D eigenvalue weighted by Gasteiger charge is 2.32. The zero-order chi connectivity index (χ0) is 16.3. The number of benzene rings is 1. The molecule has 0 saturated carbocycles. The summed E-state index contributed by atoms with van der Waals surface area (Å²) in [5, 5.41) is 4.10. The number of hydrogen-bond donors (Lipinski definition) is 0. The van der Waals surface area contributed by atoms with E-state index in [4.69, 9.17) is 4.74 Å². The molecular weight excluding hydrogens is 314 g/mol. The Morgan fingerprint density at radius 1 is 1.30 bits per heavy atom. The van der Waals surface area contributed by atoms with Crippen molar-refractivity contribution < 1.29 is 13.2 Å². The van der Waals surface area contributed by atoms with Gasteiger partial charge >= 0.3 is 0 Å². The van der Waals surface area contributed by atoms with Crippen molar-refractivity contribution >= 4 is 10.0 Å². The normalized spacial score (nSPS) is 19.1. The van der Waals surface area contributed by atoms with E-state index in [1.54, 1.807) is 39.4 Å². The summed E-state index contributed by atoms with van der Waals surface area (Å²) in [6, 6.07) is 8.57. The van der Waals surface area contributed by atoms with Crippen molar-refractivity contribution in [2.75, 3.05) is 13.2 Å². The Balaban J connectivity index is 1.62. The van der Waals surface area contributed by atoms with Crippen molar-refractivity contribution in [2.45, 2.75) is 37.2 Å². The highest BCUT2D eigenvalue weighted by atomic mass is 32.2. The van der Waals surface area contributed by atoms with Gasteiger partial charge in [0.15, 0.2) is 0 Å².